The summed E-state index contributed by atoms with van der Waals surface area (Å²) >= 11 is 1.42. The minimum absolute atomic E-state index is 0.265. The maximum atomic E-state index is 14.0. The Morgan fingerprint density at radius 2 is 1.85 bits per heavy atom. The summed E-state index contributed by atoms with van der Waals surface area (Å²) in [4.78, 5) is 30.3. The number of nitrogens with zero attached hydrogens (tertiary/aromatic N) is 3. The largest absolute Gasteiger partial charge is 0.332 e. The topological polar surface area (TPSA) is 56.9 Å². The van der Waals surface area contributed by atoms with Crippen LogP contribution in [0.2, 0.25) is 0 Å². The molecule has 0 unspecified atom stereocenters. The number of aromatic nitrogens is 3. The molecule has 7 heteroatoms. The van der Waals surface area contributed by atoms with Crippen molar-refractivity contribution in [2.75, 3.05) is 0 Å². The fourth-order valence-electron chi connectivity index (χ4n) is 3.02. The SMILES string of the molecule is CCCCc1cnc2c(c1SCc1ccccc1F)c(=O)n(C)c(=O)n2C. The molecule has 0 fully saturated rings. The molecule has 0 amide bonds. The minimum atomic E-state index is -0.411. The van der Waals surface area contributed by atoms with E-state index in [0.717, 1.165) is 34.3 Å². The van der Waals surface area contributed by atoms with Crippen LogP contribution in [0.3, 0.4) is 0 Å². The summed E-state index contributed by atoms with van der Waals surface area (Å²) in [6.45, 7) is 2.10. The van der Waals surface area contributed by atoms with Crippen molar-refractivity contribution in [1.29, 1.82) is 0 Å². The van der Waals surface area contributed by atoms with Gasteiger partial charge in [0.1, 0.15) is 11.5 Å². The molecule has 27 heavy (non-hydrogen) atoms. The van der Waals surface area contributed by atoms with Gasteiger partial charge >= 0.3 is 5.69 Å². The van der Waals surface area contributed by atoms with Crippen LogP contribution in [0.15, 0.2) is 44.9 Å². The highest BCUT2D eigenvalue weighted by Crippen LogP contribution is 2.32. The number of hydrogen-bond acceptors (Lipinski definition) is 4. The van der Waals surface area contributed by atoms with Gasteiger partial charge in [0.25, 0.3) is 5.56 Å². The molecule has 0 bridgehead atoms. The van der Waals surface area contributed by atoms with E-state index in [1.54, 1.807) is 31.4 Å². The van der Waals surface area contributed by atoms with Crippen molar-refractivity contribution in [3.8, 4) is 0 Å². The van der Waals surface area contributed by atoms with Crippen LogP contribution in [0, 0.1) is 5.82 Å². The lowest BCUT2D eigenvalue weighted by Gasteiger charge is -2.14. The van der Waals surface area contributed by atoms with Gasteiger partial charge < -0.3 is 0 Å². The Morgan fingerprint density at radius 1 is 1.11 bits per heavy atom. The lowest BCUT2D eigenvalue weighted by molar-refractivity contribution is 0.617. The normalized spacial score (nSPS) is 11.3. The lowest BCUT2D eigenvalue weighted by atomic mass is 10.1. The third kappa shape index (κ3) is 3.69. The van der Waals surface area contributed by atoms with E-state index in [4.69, 9.17) is 0 Å². The molecule has 0 aliphatic heterocycles. The number of halogens is 1. The van der Waals surface area contributed by atoms with Gasteiger partial charge in [-0.3, -0.25) is 13.9 Å². The van der Waals surface area contributed by atoms with E-state index in [2.05, 4.69) is 11.9 Å². The molecule has 0 atom stereocenters. The van der Waals surface area contributed by atoms with Crippen LogP contribution in [-0.2, 0) is 26.3 Å². The van der Waals surface area contributed by atoms with Gasteiger partial charge in [0.2, 0.25) is 0 Å². The summed E-state index contributed by atoms with van der Waals surface area (Å²) in [7, 11) is 3.07. The first-order valence-corrected chi connectivity index (χ1v) is 9.88. The second kappa shape index (κ2) is 8.08. The van der Waals surface area contributed by atoms with Crippen LogP contribution in [0.1, 0.15) is 30.9 Å². The first-order valence-electron chi connectivity index (χ1n) is 8.89. The molecule has 0 saturated heterocycles. The van der Waals surface area contributed by atoms with Crippen LogP contribution in [0.5, 0.6) is 0 Å². The van der Waals surface area contributed by atoms with Crippen LogP contribution in [-0.4, -0.2) is 14.1 Å². The molecule has 0 N–H and O–H groups in total. The molecule has 2 heterocycles. The number of benzene rings is 1. The van der Waals surface area contributed by atoms with Gasteiger partial charge in [-0.2, -0.15) is 0 Å². The Morgan fingerprint density at radius 3 is 2.56 bits per heavy atom. The summed E-state index contributed by atoms with van der Waals surface area (Å²) in [6.07, 6.45) is 4.50. The number of thioether (sulfide) groups is 1. The van der Waals surface area contributed by atoms with Crippen molar-refractivity contribution in [2.24, 2.45) is 14.1 Å². The molecule has 1 aromatic carbocycles. The summed E-state index contributed by atoms with van der Waals surface area (Å²) in [5.41, 5.74) is 1.12. The van der Waals surface area contributed by atoms with Crippen molar-refractivity contribution < 1.29 is 4.39 Å². The van der Waals surface area contributed by atoms with Crippen molar-refractivity contribution in [3.05, 3.63) is 68.2 Å². The van der Waals surface area contributed by atoms with Gasteiger partial charge in [-0.15, -0.1) is 11.8 Å². The summed E-state index contributed by atoms with van der Waals surface area (Å²) in [5, 5.41) is 0.426. The van der Waals surface area contributed by atoms with E-state index >= 15 is 0 Å². The molecule has 2 aromatic heterocycles. The maximum Gasteiger partial charge on any atom is 0.332 e. The zero-order valence-electron chi connectivity index (χ0n) is 15.7. The molecule has 0 radical (unpaired) electrons. The molecule has 0 spiro atoms. The summed E-state index contributed by atoms with van der Waals surface area (Å²) in [5.74, 6) is 0.135. The first-order chi connectivity index (χ1) is 13.0. The number of fused-ring (bicyclic) bond motifs is 1. The smallest absolute Gasteiger partial charge is 0.280 e. The molecule has 3 rings (SSSR count). The standard InChI is InChI=1S/C20H22FN3O2S/c1-4-5-8-13-11-22-18-16(19(25)24(3)20(26)23(18)2)17(13)27-12-14-9-6-7-10-15(14)21/h6-7,9-11H,4-5,8,12H2,1-3H3. The lowest BCUT2D eigenvalue weighted by Crippen LogP contribution is -2.37. The molecular formula is C20H22FN3O2S. The average Bonchev–Trinajstić information content (AvgIpc) is 2.68. The highest BCUT2D eigenvalue weighted by molar-refractivity contribution is 7.98. The second-order valence-corrected chi connectivity index (χ2v) is 7.49. The quantitative estimate of drug-likeness (QED) is 0.608. The molecule has 142 valence electrons. The van der Waals surface area contributed by atoms with E-state index in [-0.39, 0.29) is 11.4 Å². The van der Waals surface area contributed by atoms with Gasteiger partial charge in [0.15, 0.2) is 0 Å². The molecule has 5 nitrogen and oxygen atoms in total. The van der Waals surface area contributed by atoms with Gasteiger partial charge in [0, 0.05) is 30.9 Å². The average molecular weight is 387 g/mol. The zero-order chi connectivity index (χ0) is 19.6. The number of aryl methyl sites for hydroxylation is 2. The Bertz CT molecular complexity index is 1100. The highest BCUT2D eigenvalue weighted by atomic mass is 32.2. The summed E-state index contributed by atoms with van der Waals surface area (Å²) < 4.78 is 16.5. The van der Waals surface area contributed by atoms with Crippen LogP contribution in [0.4, 0.5) is 4.39 Å². The molecule has 0 saturated carbocycles. The Labute approximate surface area is 160 Å². The maximum absolute atomic E-state index is 14.0. The first kappa shape index (κ1) is 19.4. The van der Waals surface area contributed by atoms with Crippen LogP contribution in [0.25, 0.3) is 11.0 Å². The van der Waals surface area contributed by atoms with E-state index < -0.39 is 5.69 Å². The van der Waals surface area contributed by atoms with Gasteiger partial charge in [-0.1, -0.05) is 31.5 Å². The monoisotopic (exact) mass is 387 g/mol. The van der Waals surface area contributed by atoms with E-state index in [0.29, 0.717) is 22.3 Å². The number of hydrogen-bond donors (Lipinski definition) is 0. The molecule has 0 aliphatic carbocycles. The second-order valence-electron chi connectivity index (χ2n) is 6.50. The fourth-order valence-corrected chi connectivity index (χ4v) is 4.21. The number of unbranched alkanes of at least 4 members (excludes halogenated alkanes) is 1. The summed E-state index contributed by atoms with van der Waals surface area (Å²) in [6, 6.07) is 6.63. The van der Waals surface area contributed by atoms with Gasteiger partial charge in [-0.05, 0) is 30.0 Å². The van der Waals surface area contributed by atoms with Crippen molar-refractivity contribution in [3.63, 3.8) is 0 Å². The molecule has 3 aromatic rings. The van der Waals surface area contributed by atoms with Crippen LogP contribution < -0.4 is 11.2 Å². The number of pyridine rings is 1. The minimum Gasteiger partial charge on any atom is -0.280 e. The Kier molecular flexibility index (Phi) is 5.79. The van der Waals surface area contributed by atoms with Crippen molar-refractivity contribution in [2.45, 2.75) is 36.8 Å². The Balaban J connectivity index is 2.18. The molecular weight excluding hydrogens is 365 g/mol. The third-order valence-corrected chi connectivity index (χ3v) is 5.83. The van der Waals surface area contributed by atoms with Gasteiger partial charge in [0.05, 0.1) is 5.39 Å². The number of rotatable bonds is 6. The zero-order valence-corrected chi connectivity index (χ0v) is 16.5. The van der Waals surface area contributed by atoms with Crippen LogP contribution >= 0.6 is 11.8 Å². The predicted octanol–water partition coefficient (Wildman–Crippen LogP) is 3.41. The fraction of sp³-hybridized carbons (Fsp3) is 0.350. The highest BCUT2D eigenvalue weighted by Gasteiger charge is 2.18. The van der Waals surface area contributed by atoms with E-state index in [9.17, 15) is 14.0 Å². The van der Waals surface area contributed by atoms with Crippen molar-refractivity contribution >= 4 is 22.8 Å². The Hall–Kier alpha value is -2.41. The van der Waals surface area contributed by atoms with Crippen molar-refractivity contribution in [1.82, 2.24) is 14.1 Å². The molecule has 0 aliphatic rings. The van der Waals surface area contributed by atoms with E-state index in [1.807, 2.05) is 0 Å². The van der Waals surface area contributed by atoms with E-state index in [1.165, 1.54) is 29.4 Å². The van der Waals surface area contributed by atoms with Gasteiger partial charge in [-0.25, -0.2) is 14.2 Å². The third-order valence-electron chi connectivity index (χ3n) is 4.62. The predicted molar refractivity (Wildman–Crippen MR) is 107 cm³/mol.